The van der Waals surface area contributed by atoms with Crippen molar-refractivity contribution < 1.29 is 45.5 Å². The standard InChI is InChI=1S/C44H32N2.C32H16N8.3C9H7NO.CH5P.CH4.Al.BHNP.2Cu/c1-3-17-37(18-4-1)45(43-23-11-15-35-13-7-9-21-41(35)43)39-29-25-33(26-30-39)34-27-31-40(32-28-34)46(38-19-5-2-6-20-38)44-24-12-16-36-14-8-10-22-42(36)44;1-2-10-18-17(9-1)25-33-26(18)38-28-21-13-5-6-14-22(21)30(35-28)40-32-24-16-8-7-15-23(24)31(36-32)39-29-20-12-4-3-11-19(20)27(34-29)37-25;3*11-8-5-1-3-7-4-2-6-10-9(7)8;1-2;;;1-2-3;;/h1-32H;1-16H;3*1-6,11H;2H2,1H3;1H4;;3H;;/q;;;;;;;+3;;;/p-3. The fraction of sp³-hybridized carbons (Fsp3) is 0.0190. The molecule has 0 N–H and O–H groups in total. The number of nitrogens with zero attached hydrogens (tertiary/aromatic N) is 14. The minimum atomic E-state index is -2.86. The number of benzene rings is 15. The van der Waals surface area contributed by atoms with Crippen LogP contribution in [0.15, 0.2) is 445 Å². The smallest absolute Gasteiger partial charge is 0.576 e. The van der Waals surface area contributed by atoms with Crippen LogP contribution in [0, 0.1) is 0 Å². The Morgan fingerprint density at radius 2 is 0.484 bits per heavy atom. The molecule has 1 atom stereocenters. The summed E-state index contributed by atoms with van der Waals surface area (Å²) in [6.45, 7) is 1.92. The molecule has 23 heteroatoms. The summed E-state index contributed by atoms with van der Waals surface area (Å²) in [5.41, 5.74) is 18.6. The van der Waals surface area contributed by atoms with E-state index in [1.165, 1.54) is 32.7 Å². The molecule has 0 saturated carbocycles. The summed E-state index contributed by atoms with van der Waals surface area (Å²) in [6, 6.07) is 130. The molecule has 128 heavy (non-hydrogen) atoms. The van der Waals surface area contributed by atoms with Crippen LogP contribution in [0.3, 0.4) is 0 Å². The number of aromatic nitrogens is 3. The Morgan fingerprint density at radius 3 is 0.766 bits per heavy atom. The largest absolute Gasteiger partial charge is 1.20 e. The Hall–Kier alpha value is -14.4. The molecule has 23 rings (SSSR count). The zero-order valence-corrected chi connectivity index (χ0v) is 73.1. The van der Waals surface area contributed by atoms with Crippen LogP contribution in [0.5, 0.6) is 17.2 Å². The van der Waals surface area contributed by atoms with Gasteiger partial charge in [0, 0.05) is 147 Å². The summed E-state index contributed by atoms with van der Waals surface area (Å²) in [5, 5.41) is 7.84. The van der Waals surface area contributed by atoms with Crippen LogP contribution in [0.2, 0.25) is 0 Å². The van der Waals surface area contributed by atoms with Gasteiger partial charge in [-0.2, -0.15) is 0 Å². The van der Waals surface area contributed by atoms with Crippen LogP contribution in [-0.2, 0) is 34.1 Å². The first kappa shape index (κ1) is 87.1. The van der Waals surface area contributed by atoms with Crippen molar-refractivity contribution in [2.75, 3.05) is 16.5 Å². The van der Waals surface area contributed by atoms with E-state index in [2.05, 4.69) is 250 Å². The molecule has 1 unspecified atom stereocenters. The van der Waals surface area contributed by atoms with Gasteiger partial charge >= 0.3 is 15.1 Å². The third kappa shape index (κ3) is 18.1. The van der Waals surface area contributed by atoms with Crippen molar-refractivity contribution in [2.45, 2.75) is 7.43 Å². The number of fused-ring (bicyclic) bond motifs is 21. The minimum Gasteiger partial charge on any atom is -0.576 e. The van der Waals surface area contributed by atoms with E-state index in [4.69, 9.17) is 51.3 Å². The van der Waals surface area contributed by atoms with E-state index in [0.29, 0.717) is 63.9 Å². The van der Waals surface area contributed by atoms with E-state index < -0.39 is 15.1 Å². The Kier molecular flexibility index (Phi) is 27.4. The van der Waals surface area contributed by atoms with Gasteiger partial charge in [-0.05, 0) is 128 Å². The van der Waals surface area contributed by atoms with Gasteiger partial charge in [0.2, 0.25) is 0 Å². The quantitative estimate of drug-likeness (QED) is 0.0806. The maximum Gasteiger partial charge on any atom is 1.20 e. The van der Waals surface area contributed by atoms with E-state index >= 15 is 0 Å². The molecule has 15 aromatic carbocycles. The fourth-order valence-electron chi connectivity index (χ4n) is 15.8. The first-order chi connectivity index (χ1) is 61.9. The van der Waals surface area contributed by atoms with Crippen molar-refractivity contribution in [1.29, 1.82) is 0 Å². The molecule has 8 heterocycles. The van der Waals surface area contributed by atoms with Crippen molar-refractivity contribution in [1.82, 2.24) is 15.0 Å². The average molecular weight is 1810 g/mol. The summed E-state index contributed by atoms with van der Waals surface area (Å²) in [4.78, 5) is 57.5. The molecule has 3 aromatic heterocycles. The molecule has 0 saturated heterocycles. The summed E-state index contributed by atoms with van der Waals surface area (Å²) in [5.74, 6) is 6.24. The number of aliphatic imine (C=N–C) groups is 8. The zero-order chi connectivity index (χ0) is 84.4. The molecule has 5 aliphatic rings. The van der Waals surface area contributed by atoms with Gasteiger partial charge in [0.15, 0.2) is 46.7 Å². The number of para-hydroxylation sites is 5. The topological polar surface area (TPSA) is 184 Å². The zero-order valence-electron chi connectivity index (χ0n) is 67.9. The summed E-state index contributed by atoms with van der Waals surface area (Å²) < 4.78 is 22.0. The van der Waals surface area contributed by atoms with Gasteiger partial charge in [-0.15, -0.1) is 9.24 Å². The molecule has 0 spiro atoms. The Labute approximate surface area is 773 Å². The van der Waals surface area contributed by atoms with Crippen molar-refractivity contribution in [3.8, 4) is 28.4 Å². The molecule has 18 aromatic rings. The third-order valence-electron chi connectivity index (χ3n) is 21.4. The van der Waals surface area contributed by atoms with Crippen molar-refractivity contribution >= 4 is 176 Å². The van der Waals surface area contributed by atoms with E-state index in [-0.39, 0.29) is 41.6 Å². The maximum atomic E-state index is 6.41. The number of pyridine rings is 3. The molecular formula is C105H76AlBCu2N14O3P2. The van der Waals surface area contributed by atoms with E-state index in [1.54, 1.807) is 18.6 Å². The van der Waals surface area contributed by atoms with Gasteiger partial charge in [-0.3, -0.25) is 15.0 Å². The maximum absolute atomic E-state index is 6.41. The SMILES string of the molecule is C.CP.[B]N=P.[Cu].[Cu].c1ccc(N(c2ccc(-c3ccc(N(c4ccccc4)c4cccc5ccccc45)cc3)cc2)c2cccc3ccccc23)cc1.c1ccc2c(c1)C1=NC2=NC2=NC(=NC3=NC(=NC4=NC(=N1)c1ccccc14)c1ccccc13)c1ccccc12.c1cnc2c([O][Al]([O]c3cccc4cccnc34)[O]c3cccc4cccnc34)cccc2c1. The van der Waals surface area contributed by atoms with E-state index in [1.807, 2.05) is 195 Å². The Morgan fingerprint density at radius 1 is 0.266 bits per heavy atom. The molecule has 622 valence electrons. The summed E-state index contributed by atoms with van der Waals surface area (Å²) in [6.07, 6.45) is 5.24. The third-order valence-corrected chi connectivity index (χ3v) is 22.8. The Balaban J connectivity index is 0.000000137. The van der Waals surface area contributed by atoms with Crippen molar-refractivity contribution in [3.05, 3.63) is 445 Å². The molecule has 0 fully saturated rings. The fourth-order valence-corrected chi connectivity index (χ4v) is 17.1. The van der Waals surface area contributed by atoms with Gasteiger partial charge in [-0.25, -0.2) is 39.9 Å². The minimum absolute atomic E-state index is 0. The number of anilines is 6. The van der Waals surface area contributed by atoms with Crippen LogP contribution in [0.1, 0.15) is 51.9 Å². The first-order valence-corrected chi connectivity index (χ1v) is 43.5. The molecule has 0 aliphatic carbocycles. The first-order valence-electron chi connectivity index (χ1n) is 40.5. The van der Waals surface area contributed by atoms with Crippen LogP contribution < -0.4 is 21.2 Å². The number of rotatable bonds is 13. The van der Waals surface area contributed by atoms with Crippen molar-refractivity contribution in [3.63, 3.8) is 0 Å². The van der Waals surface area contributed by atoms with Gasteiger partial charge in [0.1, 0.15) is 33.8 Å². The number of hydrogen-bond donors (Lipinski definition) is 0. The molecule has 5 aliphatic heterocycles. The monoisotopic (exact) mass is 1810 g/mol. The molecule has 17 nitrogen and oxygen atoms in total. The second kappa shape index (κ2) is 40.3. The second-order valence-corrected chi connectivity index (χ2v) is 30.4. The molecule has 4 radical (unpaired) electrons. The summed E-state index contributed by atoms with van der Waals surface area (Å²) in [7, 11) is 9.39. The van der Waals surface area contributed by atoms with Crippen LogP contribution in [0.25, 0.3) is 65.4 Å². The van der Waals surface area contributed by atoms with Crippen LogP contribution >= 0.6 is 18.3 Å². The molecular weight excluding hydrogens is 1730 g/mol. The normalized spacial score (nSPS) is 12.4. The van der Waals surface area contributed by atoms with Gasteiger partial charge in [0.25, 0.3) is 7.98 Å². The predicted octanol–water partition coefficient (Wildman–Crippen LogP) is 24.8. The van der Waals surface area contributed by atoms with Gasteiger partial charge < -0.3 is 25.8 Å². The molecule has 0 amide bonds. The van der Waals surface area contributed by atoms with E-state index in [9.17, 15) is 0 Å². The van der Waals surface area contributed by atoms with Crippen LogP contribution in [0.4, 0.5) is 34.1 Å². The number of amidine groups is 8. The Bertz CT molecular complexity index is 6760. The van der Waals surface area contributed by atoms with Gasteiger partial charge in [-0.1, -0.05) is 299 Å². The van der Waals surface area contributed by atoms with Gasteiger partial charge in [0.05, 0.1) is 11.4 Å². The number of hydrogen-bond acceptors (Lipinski definition) is 17. The predicted molar refractivity (Wildman–Crippen MR) is 526 cm³/mol. The summed E-state index contributed by atoms with van der Waals surface area (Å²) >= 11 is -2.86. The van der Waals surface area contributed by atoms with Crippen molar-refractivity contribution in [2.24, 2.45) is 44.6 Å². The van der Waals surface area contributed by atoms with E-state index in [0.717, 1.165) is 111 Å². The average Bonchev–Trinajstić information content (AvgIpc) is 1.62. The molecule has 8 bridgehead atoms. The second-order valence-electron chi connectivity index (χ2n) is 28.9. The van der Waals surface area contributed by atoms with Crippen LogP contribution in [-0.4, -0.2) is 91.4 Å².